The van der Waals surface area contributed by atoms with Crippen molar-refractivity contribution in [1.29, 1.82) is 0 Å². The van der Waals surface area contributed by atoms with E-state index in [4.69, 9.17) is 0 Å². The molecule has 1 aliphatic carbocycles. The molecule has 0 atom stereocenters. The number of anilines is 3. The first-order valence-electron chi connectivity index (χ1n) is 22.4. The average molecular weight is 844 g/mol. The second-order valence-corrected chi connectivity index (χ2v) is 18.2. The van der Waals surface area contributed by atoms with Gasteiger partial charge in [0, 0.05) is 37.1 Å². The summed E-state index contributed by atoms with van der Waals surface area (Å²) in [6.45, 7) is 0. The SMILES string of the molecule is c1ccc(C2(c3ccccc3)c3ccccc3-c3ccc(N(c4ccc(-c5cccc6c5sc5ccccc56)cc4)c4ccccc4-c4cccc5c4ccc4ccccc45)cc32)cc1. The summed E-state index contributed by atoms with van der Waals surface area (Å²) in [7, 11) is 0. The molecular weight excluding hydrogens is 803 g/mol. The van der Waals surface area contributed by atoms with E-state index in [-0.39, 0.29) is 0 Å². The lowest BCUT2D eigenvalue weighted by atomic mass is 9.67. The minimum atomic E-state index is -0.529. The van der Waals surface area contributed by atoms with Gasteiger partial charge in [-0.15, -0.1) is 11.3 Å². The van der Waals surface area contributed by atoms with Crippen LogP contribution in [0.5, 0.6) is 0 Å². The van der Waals surface area contributed by atoms with Crippen LogP contribution in [-0.2, 0) is 5.41 Å². The smallest absolute Gasteiger partial charge is 0.0714 e. The van der Waals surface area contributed by atoms with Gasteiger partial charge in [0.05, 0.1) is 11.1 Å². The summed E-state index contributed by atoms with van der Waals surface area (Å²) in [6, 6.07) is 92.2. The second kappa shape index (κ2) is 15.1. The van der Waals surface area contributed by atoms with Crippen LogP contribution in [0.25, 0.3) is 75.1 Å². The van der Waals surface area contributed by atoms with Gasteiger partial charge in [-0.3, -0.25) is 0 Å². The molecule has 13 rings (SSSR count). The lowest BCUT2D eigenvalue weighted by Crippen LogP contribution is -2.28. The van der Waals surface area contributed by atoms with Crippen molar-refractivity contribution >= 4 is 70.1 Å². The Labute approximate surface area is 382 Å². The van der Waals surface area contributed by atoms with Crippen LogP contribution < -0.4 is 4.90 Å². The van der Waals surface area contributed by atoms with Crippen molar-refractivity contribution in [3.8, 4) is 33.4 Å². The molecule has 2 heteroatoms. The van der Waals surface area contributed by atoms with Crippen molar-refractivity contribution < 1.29 is 0 Å². The number of thiophene rings is 1. The Morgan fingerprint density at radius 3 is 1.71 bits per heavy atom. The summed E-state index contributed by atoms with van der Waals surface area (Å²) >= 11 is 1.88. The van der Waals surface area contributed by atoms with Crippen molar-refractivity contribution in [3.05, 3.63) is 271 Å². The third-order valence-corrected chi connectivity index (χ3v) is 15.0. The van der Waals surface area contributed by atoms with Crippen molar-refractivity contribution in [2.24, 2.45) is 0 Å². The number of fused-ring (bicyclic) bond motifs is 9. The molecule has 0 unspecified atom stereocenters. The van der Waals surface area contributed by atoms with Crippen molar-refractivity contribution in [1.82, 2.24) is 0 Å². The van der Waals surface area contributed by atoms with Gasteiger partial charge in [-0.1, -0.05) is 212 Å². The lowest BCUT2D eigenvalue weighted by molar-refractivity contribution is 0.768. The van der Waals surface area contributed by atoms with E-state index < -0.39 is 5.41 Å². The van der Waals surface area contributed by atoms with E-state index >= 15 is 0 Å². The Morgan fingerprint density at radius 1 is 0.323 bits per heavy atom. The van der Waals surface area contributed by atoms with Gasteiger partial charge >= 0.3 is 0 Å². The maximum atomic E-state index is 2.49. The maximum Gasteiger partial charge on any atom is 0.0714 e. The van der Waals surface area contributed by atoms with Crippen LogP contribution in [0.4, 0.5) is 17.1 Å². The molecule has 0 saturated carbocycles. The lowest BCUT2D eigenvalue weighted by Gasteiger charge is -2.35. The minimum Gasteiger partial charge on any atom is -0.310 e. The summed E-state index contributed by atoms with van der Waals surface area (Å²) < 4.78 is 2.64. The highest BCUT2D eigenvalue weighted by Crippen LogP contribution is 2.57. The molecule has 1 aromatic heterocycles. The number of hydrogen-bond donors (Lipinski definition) is 0. The van der Waals surface area contributed by atoms with E-state index in [0.717, 1.165) is 17.1 Å². The molecule has 65 heavy (non-hydrogen) atoms. The Balaban J connectivity index is 1.05. The van der Waals surface area contributed by atoms with Crippen LogP contribution >= 0.6 is 11.3 Å². The fourth-order valence-corrected chi connectivity index (χ4v) is 12.2. The average Bonchev–Trinajstić information content (AvgIpc) is 3.91. The van der Waals surface area contributed by atoms with Gasteiger partial charge in [0.1, 0.15) is 0 Å². The van der Waals surface area contributed by atoms with Crippen LogP contribution in [-0.4, -0.2) is 0 Å². The van der Waals surface area contributed by atoms with Gasteiger partial charge in [-0.05, 0) is 108 Å². The normalized spacial score (nSPS) is 12.7. The maximum absolute atomic E-state index is 2.49. The van der Waals surface area contributed by atoms with Gasteiger partial charge in [-0.25, -0.2) is 0 Å². The topological polar surface area (TPSA) is 3.24 Å². The molecule has 0 saturated heterocycles. The molecule has 12 aromatic rings. The summed E-state index contributed by atoms with van der Waals surface area (Å²) in [5.41, 5.74) is 15.3. The van der Waals surface area contributed by atoms with Crippen molar-refractivity contribution in [2.45, 2.75) is 5.41 Å². The number of hydrogen-bond acceptors (Lipinski definition) is 2. The molecule has 11 aromatic carbocycles. The van der Waals surface area contributed by atoms with Gasteiger partial charge in [-0.2, -0.15) is 0 Å². The number of para-hydroxylation sites is 1. The predicted octanol–water partition coefficient (Wildman–Crippen LogP) is 17.5. The van der Waals surface area contributed by atoms with Gasteiger partial charge in [0.15, 0.2) is 0 Å². The van der Waals surface area contributed by atoms with Crippen molar-refractivity contribution in [2.75, 3.05) is 4.90 Å². The standard InChI is InChI=1S/C63H41NS/c1-3-18-44(19-4-1)63(45-20-5-2-6-21-45)58-30-12-9-23-53(58)54-40-38-47(41-59(54)63)64(46-36-33-43(34-37-46)49-26-15-29-57-56-25-11-14-32-61(56)65-62(49)57)60-31-13-10-24-55(60)51-28-16-27-50-48-22-8-7-17-42(48)35-39-52(50)51/h1-41H. The van der Waals surface area contributed by atoms with Gasteiger partial charge < -0.3 is 4.90 Å². The van der Waals surface area contributed by atoms with Crippen LogP contribution in [0, 0.1) is 0 Å². The monoisotopic (exact) mass is 843 g/mol. The second-order valence-electron chi connectivity index (χ2n) is 17.1. The molecule has 0 aliphatic heterocycles. The molecule has 0 N–H and O–H groups in total. The highest BCUT2D eigenvalue weighted by Gasteiger charge is 2.46. The first kappa shape index (κ1) is 37.5. The third kappa shape index (κ3) is 5.78. The van der Waals surface area contributed by atoms with E-state index in [1.54, 1.807) is 0 Å². The van der Waals surface area contributed by atoms with E-state index in [0.29, 0.717) is 0 Å². The zero-order chi connectivity index (χ0) is 42.9. The number of nitrogens with zero attached hydrogens (tertiary/aromatic N) is 1. The number of rotatable bonds is 7. The highest BCUT2D eigenvalue weighted by atomic mass is 32.1. The Hall–Kier alpha value is -8.04. The molecule has 1 aliphatic rings. The van der Waals surface area contributed by atoms with Gasteiger partial charge in [0.25, 0.3) is 0 Å². The molecule has 0 bridgehead atoms. The van der Waals surface area contributed by atoms with E-state index in [1.807, 2.05) is 11.3 Å². The largest absolute Gasteiger partial charge is 0.310 e. The van der Waals surface area contributed by atoms with Crippen LogP contribution in [0.15, 0.2) is 249 Å². The number of benzene rings is 11. The molecular formula is C63H41NS. The fourth-order valence-electron chi connectivity index (χ4n) is 10.9. The third-order valence-electron chi connectivity index (χ3n) is 13.8. The quantitative estimate of drug-likeness (QED) is 0.145. The summed E-state index contributed by atoms with van der Waals surface area (Å²) in [4.78, 5) is 2.49. The van der Waals surface area contributed by atoms with Crippen LogP contribution in [0.2, 0.25) is 0 Å². The van der Waals surface area contributed by atoms with E-state index in [2.05, 4.69) is 254 Å². The zero-order valence-corrected chi connectivity index (χ0v) is 36.3. The van der Waals surface area contributed by atoms with Gasteiger partial charge in [0.2, 0.25) is 0 Å². The molecule has 0 spiro atoms. The Bertz CT molecular complexity index is 3730. The fraction of sp³-hybridized carbons (Fsp3) is 0.0159. The summed E-state index contributed by atoms with van der Waals surface area (Å²) in [6.07, 6.45) is 0. The highest BCUT2D eigenvalue weighted by molar-refractivity contribution is 7.26. The zero-order valence-electron chi connectivity index (χ0n) is 35.5. The first-order chi connectivity index (χ1) is 32.3. The molecule has 0 amide bonds. The Morgan fingerprint density at radius 2 is 0.908 bits per heavy atom. The molecule has 304 valence electrons. The summed E-state index contributed by atoms with van der Waals surface area (Å²) in [5.74, 6) is 0. The van der Waals surface area contributed by atoms with E-state index in [9.17, 15) is 0 Å². The predicted molar refractivity (Wildman–Crippen MR) is 277 cm³/mol. The van der Waals surface area contributed by atoms with Crippen molar-refractivity contribution in [3.63, 3.8) is 0 Å². The van der Waals surface area contributed by atoms with Crippen LogP contribution in [0.1, 0.15) is 22.3 Å². The molecule has 0 fully saturated rings. The molecule has 0 radical (unpaired) electrons. The minimum absolute atomic E-state index is 0.529. The first-order valence-corrected chi connectivity index (χ1v) is 23.2. The summed E-state index contributed by atoms with van der Waals surface area (Å²) in [5, 5.41) is 7.63. The van der Waals surface area contributed by atoms with Crippen LogP contribution in [0.3, 0.4) is 0 Å². The molecule has 1 heterocycles. The van der Waals surface area contributed by atoms with E-state index in [1.165, 1.54) is 97.4 Å². The Kier molecular flexibility index (Phi) is 8.69. The molecule has 1 nitrogen and oxygen atoms in total.